The lowest BCUT2D eigenvalue weighted by atomic mass is 9.89. The quantitative estimate of drug-likeness (QED) is 0.298. The molecule has 8 heteroatoms. The molecule has 0 saturated heterocycles. The maximum absolute atomic E-state index is 12.0. The molecule has 1 atom stereocenters. The maximum atomic E-state index is 12.0. The van der Waals surface area contributed by atoms with Crippen LogP contribution in [0.25, 0.3) is 0 Å². The highest BCUT2D eigenvalue weighted by Crippen LogP contribution is 2.28. The van der Waals surface area contributed by atoms with Crippen molar-refractivity contribution in [2.24, 2.45) is 5.92 Å². The van der Waals surface area contributed by atoms with E-state index >= 15 is 0 Å². The summed E-state index contributed by atoms with van der Waals surface area (Å²) in [5.41, 5.74) is 0. The molecule has 154 valence electrons. The second-order valence-corrected chi connectivity index (χ2v) is 7.18. The molecule has 1 aromatic carbocycles. The molecule has 1 saturated carbocycles. The Morgan fingerprint density at radius 3 is 2.43 bits per heavy atom. The van der Waals surface area contributed by atoms with Crippen molar-refractivity contribution in [2.45, 2.75) is 58.2 Å². The average molecular weight is 412 g/mol. The zero-order chi connectivity index (χ0) is 20.4. The first kappa shape index (κ1) is 22.0. The number of ether oxygens (including phenoxy) is 3. The molecule has 0 aliphatic heterocycles. The van der Waals surface area contributed by atoms with E-state index in [1.807, 2.05) is 0 Å². The van der Waals surface area contributed by atoms with Crippen LogP contribution in [0.5, 0.6) is 5.75 Å². The SMILES string of the molecule is CC(=O)OC(OC(=O)NCCCC(=O)Oc1ccc(Cl)cc1)C1CCCCC1. The first-order valence-corrected chi connectivity index (χ1v) is 9.90. The van der Waals surface area contributed by atoms with E-state index in [0.29, 0.717) is 17.2 Å². The number of hydrogen-bond acceptors (Lipinski definition) is 6. The Kier molecular flexibility index (Phi) is 9.07. The number of nitrogens with one attached hydrogen (secondary N) is 1. The molecule has 0 heterocycles. The summed E-state index contributed by atoms with van der Waals surface area (Å²) in [7, 11) is 0. The molecule has 2 rings (SSSR count). The minimum Gasteiger partial charge on any atom is -0.427 e. The van der Waals surface area contributed by atoms with Gasteiger partial charge >= 0.3 is 18.0 Å². The highest BCUT2D eigenvalue weighted by Gasteiger charge is 2.29. The zero-order valence-electron chi connectivity index (χ0n) is 15.9. The first-order valence-electron chi connectivity index (χ1n) is 9.52. The molecule has 0 aromatic heterocycles. The third-order valence-corrected chi connectivity index (χ3v) is 4.66. The molecule has 28 heavy (non-hydrogen) atoms. The van der Waals surface area contributed by atoms with Crippen LogP contribution in [0, 0.1) is 5.92 Å². The molecule has 1 amide bonds. The summed E-state index contributed by atoms with van der Waals surface area (Å²) in [5.74, 6) is -0.443. The lowest BCUT2D eigenvalue weighted by Crippen LogP contribution is -2.37. The van der Waals surface area contributed by atoms with E-state index in [2.05, 4.69) is 5.32 Å². The maximum Gasteiger partial charge on any atom is 0.410 e. The van der Waals surface area contributed by atoms with Crippen molar-refractivity contribution in [1.29, 1.82) is 0 Å². The molecule has 0 spiro atoms. The highest BCUT2D eigenvalue weighted by atomic mass is 35.5. The summed E-state index contributed by atoms with van der Waals surface area (Å²) in [6, 6.07) is 6.48. The Labute approximate surface area is 169 Å². The van der Waals surface area contributed by atoms with Gasteiger partial charge in [0.25, 0.3) is 6.29 Å². The predicted molar refractivity (Wildman–Crippen MR) is 103 cm³/mol. The second-order valence-electron chi connectivity index (χ2n) is 6.74. The van der Waals surface area contributed by atoms with Crippen molar-refractivity contribution in [2.75, 3.05) is 6.54 Å². The topological polar surface area (TPSA) is 90.9 Å². The number of amides is 1. The Hall–Kier alpha value is -2.28. The minimum absolute atomic E-state index is 0.0257. The number of halogens is 1. The van der Waals surface area contributed by atoms with Crippen molar-refractivity contribution in [1.82, 2.24) is 5.32 Å². The molecule has 1 N–H and O–H groups in total. The summed E-state index contributed by atoms with van der Waals surface area (Å²) in [5, 5.41) is 3.13. The van der Waals surface area contributed by atoms with E-state index in [9.17, 15) is 14.4 Å². The molecule has 7 nitrogen and oxygen atoms in total. The Bertz CT molecular complexity index is 657. The van der Waals surface area contributed by atoms with Crippen molar-refractivity contribution in [3.05, 3.63) is 29.3 Å². The molecule has 0 bridgehead atoms. The van der Waals surface area contributed by atoms with Gasteiger partial charge in [-0.2, -0.15) is 0 Å². The number of rotatable bonds is 8. The fraction of sp³-hybridized carbons (Fsp3) is 0.550. The highest BCUT2D eigenvalue weighted by molar-refractivity contribution is 6.30. The number of hydrogen-bond donors (Lipinski definition) is 1. The van der Waals surface area contributed by atoms with Gasteiger partial charge in [0, 0.05) is 30.8 Å². The molecule has 1 unspecified atom stereocenters. The second kappa shape index (κ2) is 11.5. The monoisotopic (exact) mass is 411 g/mol. The van der Waals surface area contributed by atoms with Gasteiger partial charge in [0.2, 0.25) is 0 Å². The first-order chi connectivity index (χ1) is 13.4. The van der Waals surface area contributed by atoms with Crippen LogP contribution in [-0.4, -0.2) is 30.9 Å². The van der Waals surface area contributed by atoms with Crippen molar-refractivity contribution >= 4 is 29.6 Å². The van der Waals surface area contributed by atoms with E-state index in [1.54, 1.807) is 24.3 Å². The lowest BCUT2D eigenvalue weighted by Gasteiger charge is -2.28. The average Bonchev–Trinajstić information content (AvgIpc) is 2.67. The van der Waals surface area contributed by atoms with Gasteiger partial charge < -0.3 is 19.5 Å². The zero-order valence-corrected chi connectivity index (χ0v) is 16.7. The molecular weight excluding hydrogens is 386 g/mol. The van der Waals surface area contributed by atoms with E-state index < -0.39 is 24.3 Å². The summed E-state index contributed by atoms with van der Waals surface area (Å²) in [4.78, 5) is 35.1. The Morgan fingerprint density at radius 2 is 1.79 bits per heavy atom. The van der Waals surface area contributed by atoms with Gasteiger partial charge in [0.1, 0.15) is 5.75 Å². The third-order valence-electron chi connectivity index (χ3n) is 4.41. The van der Waals surface area contributed by atoms with Crippen LogP contribution in [0.1, 0.15) is 51.9 Å². The molecule has 0 radical (unpaired) electrons. The van der Waals surface area contributed by atoms with Crippen molar-refractivity contribution in [3.63, 3.8) is 0 Å². The number of carbonyl (C=O) groups excluding carboxylic acids is 3. The normalized spacial score (nSPS) is 15.4. The predicted octanol–water partition coefficient (Wildman–Crippen LogP) is 4.22. The lowest BCUT2D eigenvalue weighted by molar-refractivity contribution is -0.176. The van der Waals surface area contributed by atoms with Gasteiger partial charge in [-0.3, -0.25) is 9.59 Å². The molecule has 1 aromatic rings. The van der Waals surface area contributed by atoms with Gasteiger partial charge in [-0.15, -0.1) is 0 Å². The van der Waals surface area contributed by atoms with Crippen LogP contribution < -0.4 is 10.1 Å². The Balaban J connectivity index is 1.67. The van der Waals surface area contributed by atoms with Crippen LogP contribution in [-0.2, 0) is 19.1 Å². The standard InChI is InChI=1S/C20H26ClNO6/c1-14(23)26-19(15-6-3-2-4-7-15)28-20(25)22-13-5-8-18(24)27-17-11-9-16(21)10-12-17/h9-12,15,19H,2-8,13H2,1H3,(H,22,25). The summed E-state index contributed by atoms with van der Waals surface area (Å²) in [6.45, 7) is 1.54. The number of esters is 2. The van der Waals surface area contributed by atoms with Gasteiger partial charge in [0.05, 0.1) is 0 Å². The largest absolute Gasteiger partial charge is 0.427 e. The van der Waals surface area contributed by atoms with Gasteiger partial charge in [-0.05, 0) is 43.5 Å². The summed E-state index contributed by atoms with van der Waals surface area (Å²) >= 11 is 5.77. The van der Waals surface area contributed by atoms with Gasteiger partial charge in [0.15, 0.2) is 0 Å². The van der Waals surface area contributed by atoms with Crippen LogP contribution >= 0.6 is 11.6 Å². The molecule has 1 aliphatic carbocycles. The van der Waals surface area contributed by atoms with E-state index in [-0.39, 0.29) is 18.9 Å². The summed E-state index contributed by atoms with van der Waals surface area (Å²) < 4.78 is 15.6. The van der Waals surface area contributed by atoms with E-state index in [1.165, 1.54) is 6.92 Å². The van der Waals surface area contributed by atoms with Crippen LogP contribution in [0.4, 0.5) is 4.79 Å². The van der Waals surface area contributed by atoms with Gasteiger partial charge in [-0.25, -0.2) is 4.79 Å². The molecule has 1 aliphatic rings. The van der Waals surface area contributed by atoms with E-state index in [0.717, 1.165) is 32.1 Å². The smallest absolute Gasteiger partial charge is 0.410 e. The van der Waals surface area contributed by atoms with Crippen LogP contribution in [0.15, 0.2) is 24.3 Å². The fourth-order valence-electron chi connectivity index (χ4n) is 3.04. The minimum atomic E-state index is -0.868. The number of benzene rings is 1. The van der Waals surface area contributed by atoms with Crippen LogP contribution in [0.3, 0.4) is 0 Å². The van der Waals surface area contributed by atoms with Crippen molar-refractivity contribution < 1.29 is 28.6 Å². The van der Waals surface area contributed by atoms with Gasteiger partial charge in [-0.1, -0.05) is 30.9 Å². The van der Waals surface area contributed by atoms with E-state index in [4.69, 9.17) is 25.8 Å². The fourth-order valence-corrected chi connectivity index (χ4v) is 3.17. The number of alkyl carbamates (subject to hydrolysis) is 1. The molecule has 1 fully saturated rings. The molecular formula is C20H26ClNO6. The Morgan fingerprint density at radius 1 is 1.11 bits per heavy atom. The van der Waals surface area contributed by atoms with Crippen molar-refractivity contribution in [3.8, 4) is 5.75 Å². The third kappa shape index (κ3) is 8.17. The number of carbonyl (C=O) groups is 3. The van der Waals surface area contributed by atoms with Crippen LogP contribution in [0.2, 0.25) is 5.02 Å². The summed E-state index contributed by atoms with van der Waals surface area (Å²) in [6.07, 6.45) is 3.93.